The summed E-state index contributed by atoms with van der Waals surface area (Å²) in [4.78, 5) is 11.4. The van der Waals surface area contributed by atoms with Gasteiger partial charge < -0.3 is 4.74 Å². The monoisotopic (exact) mass is 248 g/mol. The van der Waals surface area contributed by atoms with Gasteiger partial charge in [-0.15, -0.1) is 0 Å². The lowest BCUT2D eigenvalue weighted by atomic mass is 10.1. The molecule has 0 atom stereocenters. The Balaban J connectivity index is 2.36. The van der Waals surface area contributed by atoms with Gasteiger partial charge in [0, 0.05) is 6.54 Å². The van der Waals surface area contributed by atoms with Gasteiger partial charge in [-0.2, -0.15) is 5.10 Å². The van der Waals surface area contributed by atoms with Crippen LogP contribution < -0.4 is 4.74 Å². The van der Waals surface area contributed by atoms with Crippen LogP contribution in [-0.2, 0) is 6.54 Å². The molecule has 0 spiro atoms. The summed E-state index contributed by atoms with van der Waals surface area (Å²) < 4.78 is 20.7. The summed E-state index contributed by atoms with van der Waals surface area (Å²) in [5.41, 5.74) is 0.222. The summed E-state index contributed by atoms with van der Waals surface area (Å²) in [6.07, 6.45) is 3.14. The van der Waals surface area contributed by atoms with Crippen molar-refractivity contribution in [3.05, 3.63) is 42.0 Å². The number of para-hydroxylation sites is 1. The molecule has 18 heavy (non-hydrogen) atoms. The SMILES string of the molecule is CCn1cc(Oc2c(F)cccc2C(C)=O)cn1. The van der Waals surface area contributed by atoms with E-state index < -0.39 is 5.82 Å². The van der Waals surface area contributed by atoms with Crippen molar-refractivity contribution in [2.75, 3.05) is 0 Å². The van der Waals surface area contributed by atoms with Crippen molar-refractivity contribution in [1.29, 1.82) is 0 Å². The number of rotatable bonds is 4. The van der Waals surface area contributed by atoms with Crippen molar-refractivity contribution >= 4 is 5.78 Å². The fourth-order valence-electron chi connectivity index (χ4n) is 1.58. The number of halogens is 1. The maximum atomic E-state index is 13.7. The minimum absolute atomic E-state index is 0.0550. The third-order valence-electron chi connectivity index (χ3n) is 2.50. The number of hydrogen-bond acceptors (Lipinski definition) is 3. The van der Waals surface area contributed by atoms with Crippen LogP contribution in [0.5, 0.6) is 11.5 Å². The molecule has 2 rings (SSSR count). The molecule has 4 nitrogen and oxygen atoms in total. The van der Waals surface area contributed by atoms with Crippen molar-refractivity contribution in [1.82, 2.24) is 9.78 Å². The van der Waals surface area contributed by atoms with E-state index in [1.54, 1.807) is 10.9 Å². The number of ketones is 1. The molecule has 0 aliphatic heterocycles. The molecule has 0 fully saturated rings. The highest BCUT2D eigenvalue weighted by Crippen LogP contribution is 2.28. The zero-order chi connectivity index (χ0) is 13.1. The molecule has 0 aliphatic carbocycles. The smallest absolute Gasteiger partial charge is 0.173 e. The van der Waals surface area contributed by atoms with Crippen LogP contribution in [0.2, 0.25) is 0 Å². The van der Waals surface area contributed by atoms with E-state index in [0.717, 1.165) is 0 Å². The number of Topliss-reactive ketones (excluding diaryl/α,β-unsaturated/α-hetero) is 1. The number of carbonyl (C=O) groups is 1. The second-order valence-corrected chi connectivity index (χ2v) is 3.81. The summed E-state index contributed by atoms with van der Waals surface area (Å²) in [7, 11) is 0. The van der Waals surface area contributed by atoms with Gasteiger partial charge in [-0.25, -0.2) is 4.39 Å². The first-order chi connectivity index (χ1) is 8.61. The highest BCUT2D eigenvalue weighted by Gasteiger charge is 2.14. The lowest BCUT2D eigenvalue weighted by Gasteiger charge is -2.08. The molecule has 0 N–H and O–H groups in total. The molecule has 1 aromatic carbocycles. The molecular weight excluding hydrogens is 235 g/mol. The number of aryl methyl sites for hydroxylation is 1. The molecule has 0 saturated carbocycles. The highest BCUT2D eigenvalue weighted by atomic mass is 19.1. The zero-order valence-electron chi connectivity index (χ0n) is 10.2. The summed E-state index contributed by atoms with van der Waals surface area (Å²) in [5, 5.41) is 4.02. The molecule has 0 bridgehead atoms. The molecule has 0 unspecified atom stereocenters. The van der Waals surface area contributed by atoms with Gasteiger partial charge in [0.15, 0.2) is 23.1 Å². The van der Waals surface area contributed by atoms with Gasteiger partial charge in [0.1, 0.15) is 0 Å². The van der Waals surface area contributed by atoms with E-state index in [-0.39, 0.29) is 17.1 Å². The fraction of sp³-hybridized carbons (Fsp3) is 0.231. The van der Waals surface area contributed by atoms with Gasteiger partial charge in [-0.05, 0) is 26.0 Å². The predicted octanol–water partition coefficient (Wildman–Crippen LogP) is 3.04. The number of ether oxygens (including phenoxy) is 1. The summed E-state index contributed by atoms with van der Waals surface area (Å²) in [5.74, 6) is -0.454. The Morgan fingerprint density at radius 3 is 2.89 bits per heavy atom. The van der Waals surface area contributed by atoms with Gasteiger partial charge in [0.05, 0.1) is 18.0 Å². The van der Waals surface area contributed by atoms with Crippen LogP contribution in [0.1, 0.15) is 24.2 Å². The first kappa shape index (κ1) is 12.3. The largest absolute Gasteiger partial charge is 0.450 e. The quantitative estimate of drug-likeness (QED) is 0.781. The molecular formula is C13H13FN2O2. The van der Waals surface area contributed by atoms with E-state index in [0.29, 0.717) is 12.3 Å². The minimum atomic E-state index is -0.563. The average Bonchev–Trinajstić information content (AvgIpc) is 2.79. The minimum Gasteiger partial charge on any atom is -0.450 e. The van der Waals surface area contributed by atoms with E-state index in [1.807, 2.05) is 6.92 Å². The molecule has 94 valence electrons. The highest BCUT2D eigenvalue weighted by molar-refractivity contribution is 5.96. The van der Waals surface area contributed by atoms with Crippen molar-refractivity contribution in [3.8, 4) is 11.5 Å². The Kier molecular flexibility index (Phi) is 3.41. The van der Waals surface area contributed by atoms with E-state index >= 15 is 0 Å². The summed E-state index contributed by atoms with van der Waals surface area (Å²) >= 11 is 0. The zero-order valence-corrected chi connectivity index (χ0v) is 10.2. The summed E-state index contributed by atoms with van der Waals surface area (Å²) in [6, 6.07) is 4.27. The Morgan fingerprint density at radius 1 is 1.50 bits per heavy atom. The van der Waals surface area contributed by atoms with Crippen LogP contribution in [0.25, 0.3) is 0 Å². The third kappa shape index (κ3) is 2.40. The van der Waals surface area contributed by atoms with Gasteiger partial charge in [0.25, 0.3) is 0 Å². The maximum Gasteiger partial charge on any atom is 0.173 e. The number of hydrogen-bond donors (Lipinski definition) is 0. The van der Waals surface area contributed by atoms with Crippen LogP contribution in [0, 0.1) is 5.82 Å². The van der Waals surface area contributed by atoms with Crippen molar-refractivity contribution in [2.24, 2.45) is 0 Å². The van der Waals surface area contributed by atoms with Crippen LogP contribution in [0.4, 0.5) is 4.39 Å². The van der Waals surface area contributed by atoms with Gasteiger partial charge in [-0.1, -0.05) is 6.07 Å². The third-order valence-corrected chi connectivity index (χ3v) is 2.50. The standard InChI is InChI=1S/C13H13FN2O2/c1-3-16-8-10(7-15-16)18-13-11(9(2)17)5-4-6-12(13)14/h4-8H,3H2,1-2H3. The average molecular weight is 248 g/mol. The first-order valence-corrected chi connectivity index (χ1v) is 5.61. The normalized spacial score (nSPS) is 10.4. The topological polar surface area (TPSA) is 44.1 Å². The van der Waals surface area contributed by atoms with Crippen LogP contribution >= 0.6 is 0 Å². The van der Waals surface area contributed by atoms with Crippen LogP contribution in [0.15, 0.2) is 30.6 Å². The number of benzene rings is 1. The first-order valence-electron chi connectivity index (χ1n) is 5.61. The van der Waals surface area contributed by atoms with Crippen LogP contribution in [-0.4, -0.2) is 15.6 Å². The summed E-state index contributed by atoms with van der Waals surface area (Å²) in [6.45, 7) is 4.00. The van der Waals surface area contributed by atoms with E-state index in [4.69, 9.17) is 4.74 Å². The fourth-order valence-corrected chi connectivity index (χ4v) is 1.58. The Bertz CT molecular complexity index is 578. The Labute approximate surface area is 104 Å². The molecule has 1 aromatic heterocycles. The molecule has 1 heterocycles. The van der Waals surface area contributed by atoms with Crippen molar-refractivity contribution in [3.63, 3.8) is 0 Å². The lowest BCUT2D eigenvalue weighted by Crippen LogP contribution is -1.99. The second kappa shape index (κ2) is 5.00. The Hall–Kier alpha value is -2.17. The second-order valence-electron chi connectivity index (χ2n) is 3.81. The van der Waals surface area contributed by atoms with Gasteiger partial charge in [-0.3, -0.25) is 9.48 Å². The molecule has 0 radical (unpaired) electrons. The molecule has 0 amide bonds. The van der Waals surface area contributed by atoms with Crippen molar-refractivity contribution < 1.29 is 13.9 Å². The number of aromatic nitrogens is 2. The molecule has 2 aromatic rings. The molecule has 0 aliphatic rings. The number of nitrogens with zero attached hydrogens (tertiary/aromatic N) is 2. The predicted molar refractivity (Wildman–Crippen MR) is 64.4 cm³/mol. The van der Waals surface area contributed by atoms with E-state index in [9.17, 15) is 9.18 Å². The lowest BCUT2D eigenvalue weighted by molar-refractivity contribution is 0.101. The van der Waals surface area contributed by atoms with Crippen LogP contribution in [0.3, 0.4) is 0 Å². The van der Waals surface area contributed by atoms with E-state index in [2.05, 4.69) is 5.10 Å². The molecule has 0 saturated heterocycles. The Morgan fingerprint density at radius 2 is 2.28 bits per heavy atom. The van der Waals surface area contributed by atoms with Gasteiger partial charge >= 0.3 is 0 Å². The maximum absolute atomic E-state index is 13.7. The van der Waals surface area contributed by atoms with Gasteiger partial charge in [0.2, 0.25) is 0 Å². The molecule has 5 heteroatoms. The van der Waals surface area contributed by atoms with Crippen molar-refractivity contribution in [2.45, 2.75) is 20.4 Å². The number of carbonyl (C=O) groups excluding carboxylic acids is 1. The van der Waals surface area contributed by atoms with E-state index in [1.165, 1.54) is 31.3 Å².